The van der Waals surface area contributed by atoms with Crippen LogP contribution >= 0.6 is 0 Å². The van der Waals surface area contributed by atoms with Crippen LogP contribution in [0.1, 0.15) is 6.92 Å². The summed E-state index contributed by atoms with van der Waals surface area (Å²) >= 11 is 0. The van der Waals surface area contributed by atoms with Gasteiger partial charge in [-0.25, -0.2) is 0 Å². The van der Waals surface area contributed by atoms with E-state index in [4.69, 9.17) is 71.5 Å². The zero-order valence-corrected chi connectivity index (χ0v) is 14.0. The van der Waals surface area contributed by atoms with E-state index in [9.17, 15) is 0 Å². The van der Waals surface area contributed by atoms with Crippen molar-refractivity contribution in [2.24, 2.45) is 0 Å². The maximum atomic E-state index is 8.47. The quantitative estimate of drug-likeness (QED) is 0.185. The molecule has 0 amide bonds. The second kappa shape index (κ2) is 33.3. The Morgan fingerprint density at radius 2 is 0.792 bits per heavy atom. The van der Waals surface area contributed by atoms with Gasteiger partial charge in [-0.05, 0) is 6.92 Å². The van der Waals surface area contributed by atoms with E-state index in [1.54, 1.807) is 6.92 Å². The molecule has 0 rings (SSSR count). The van der Waals surface area contributed by atoms with Gasteiger partial charge in [0.25, 0.3) is 0 Å². The van der Waals surface area contributed by atoms with Crippen molar-refractivity contribution in [3.05, 3.63) is 46.0 Å². The molecule has 0 aliphatic heterocycles. The second-order valence-electron chi connectivity index (χ2n) is 2.49. The molecule has 0 bridgehead atoms. The number of hydrogen-bond donors (Lipinski definition) is 5. The summed E-state index contributed by atoms with van der Waals surface area (Å²) < 4.78 is 0. The van der Waals surface area contributed by atoms with Gasteiger partial charge in [-0.15, -0.1) is 0 Å². The van der Waals surface area contributed by atoms with Crippen molar-refractivity contribution in [2.75, 3.05) is 19.8 Å². The van der Waals surface area contributed by atoms with Gasteiger partial charge in [-0.1, -0.05) is 0 Å². The van der Waals surface area contributed by atoms with Crippen molar-refractivity contribution in [3.63, 3.8) is 0 Å². The van der Waals surface area contributed by atoms with Gasteiger partial charge >= 0.3 is 38.6 Å². The number of nitrogens with zero attached hydrogens (tertiary/aromatic N) is 3. The van der Waals surface area contributed by atoms with E-state index in [0.717, 1.165) is 0 Å². The Labute approximate surface area is 164 Å². The molecule has 5 N–H and O–H groups in total. The molecule has 0 aromatic heterocycles. The Bertz CT molecular complexity index is 233. The Hall–Kier alpha value is -1.31. The molecule has 0 radical (unpaired) electrons. The van der Waals surface area contributed by atoms with Crippen LogP contribution in [-0.2, 0) is 0 Å². The summed E-state index contributed by atoms with van der Waals surface area (Å²) in [5.74, 6) is 0. The van der Waals surface area contributed by atoms with Gasteiger partial charge in [-0.2, -0.15) is 0 Å². The molecule has 2 atom stereocenters. The van der Waals surface area contributed by atoms with Crippen molar-refractivity contribution < 1.29 is 79.4 Å². The van der Waals surface area contributed by atoms with Gasteiger partial charge in [0, 0.05) is 6.61 Å². The predicted molar refractivity (Wildman–Crippen MR) is 70.0 cm³/mol. The van der Waals surface area contributed by atoms with E-state index in [2.05, 4.69) is 0 Å². The third-order valence-electron chi connectivity index (χ3n) is 0.818. The van der Waals surface area contributed by atoms with Gasteiger partial charge < -0.3 is 71.5 Å². The molecule has 0 unspecified atom stereocenters. The first-order chi connectivity index (χ1) is 10.3. The topological polar surface area (TPSA) is 300 Å². The van der Waals surface area contributed by atoms with Gasteiger partial charge in [0.2, 0.25) is 0 Å². The minimum Gasteiger partial charge on any atom is -0.397 e. The summed E-state index contributed by atoms with van der Waals surface area (Å²) in [6.07, 6.45) is -2.44. The fraction of sp³-hybridized carbons (Fsp3) is 1.00. The number of rotatable bonds is 3. The van der Waals surface area contributed by atoms with Crippen LogP contribution in [0, 0.1) is 84.6 Å². The van der Waals surface area contributed by atoms with Crippen LogP contribution in [0.25, 0.3) is 0 Å². The normalized spacial score (nSPS) is 9.75. The average Bonchev–Trinajstić information content (AvgIpc) is 2.35. The molecule has 0 fully saturated rings. The van der Waals surface area contributed by atoms with Crippen LogP contribution in [-0.4, -0.2) is 72.8 Å². The van der Waals surface area contributed by atoms with E-state index in [0.29, 0.717) is 0 Å². The molecule has 0 aromatic rings. The molecule has 0 heterocycles. The van der Waals surface area contributed by atoms with E-state index in [1.807, 2.05) is 0 Å². The minimum absolute atomic E-state index is 0. The monoisotopic (exact) mass is 513 g/mol. The van der Waals surface area contributed by atoms with Crippen molar-refractivity contribution in [1.29, 1.82) is 0 Å². The summed E-state index contributed by atoms with van der Waals surface area (Å²) in [6.45, 7) is 0.878. The predicted octanol–water partition coefficient (Wildman–Crippen LogP) is -3.03. The maximum absolute atomic E-state index is 8.47. The maximum Gasteiger partial charge on any atom is 3.00 e. The Morgan fingerprint density at radius 1 is 0.708 bits per heavy atom. The summed E-state index contributed by atoms with van der Waals surface area (Å²) in [5, 5.41) is 85.0. The molecule has 0 aliphatic rings. The third-order valence-corrected chi connectivity index (χ3v) is 0.818. The SMILES string of the molecule is CCO.O=[N+]([O-])[O-].O=[N+]([O-])[O-].O=[N+]([O-])[O-].OC[C@@H](O)[C@@H](O)CO.[Tb+3]. The second-order valence-corrected chi connectivity index (χ2v) is 2.49. The number of hydrogen-bond acceptors (Lipinski definition) is 14. The molecule has 0 aromatic carbocycles. The molecule has 0 spiro atoms. The van der Waals surface area contributed by atoms with Gasteiger partial charge in [-0.3, -0.25) is 0 Å². The molecular formula is C6H16N3O14Tb. The van der Waals surface area contributed by atoms with Crippen LogP contribution in [0.3, 0.4) is 0 Å². The van der Waals surface area contributed by atoms with Crippen molar-refractivity contribution >= 4 is 0 Å². The van der Waals surface area contributed by atoms with E-state index >= 15 is 0 Å². The first kappa shape index (κ1) is 38.3. The van der Waals surface area contributed by atoms with Crippen LogP contribution in [0.5, 0.6) is 0 Å². The van der Waals surface area contributed by atoms with Crippen molar-refractivity contribution in [1.82, 2.24) is 0 Å². The molecular weight excluding hydrogens is 497 g/mol. The van der Waals surface area contributed by atoms with E-state index < -0.39 is 40.7 Å². The van der Waals surface area contributed by atoms with Crippen molar-refractivity contribution in [3.8, 4) is 0 Å². The number of aliphatic hydroxyl groups is 5. The molecule has 0 saturated carbocycles. The third kappa shape index (κ3) is 179. The molecule has 17 nitrogen and oxygen atoms in total. The fourth-order valence-corrected chi connectivity index (χ4v) is 0.243. The summed E-state index contributed by atoms with van der Waals surface area (Å²) in [5.41, 5.74) is 0. The van der Waals surface area contributed by atoms with Crippen LogP contribution in [0.15, 0.2) is 0 Å². The first-order valence-corrected chi connectivity index (χ1v) is 4.97. The minimum atomic E-state index is -1.75. The van der Waals surface area contributed by atoms with E-state index in [-0.39, 0.29) is 45.2 Å². The summed E-state index contributed by atoms with van der Waals surface area (Å²) in [4.78, 5) is 24.8. The Morgan fingerprint density at radius 3 is 0.833 bits per heavy atom. The zero-order valence-electron chi connectivity index (χ0n) is 11.9. The van der Waals surface area contributed by atoms with Gasteiger partial charge in [0.15, 0.2) is 0 Å². The first-order valence-electron chi connectivity index (χ1n) is 4.97. The van der Waals surface area contributed by atoms with Crippen LogP contribution in [0.2, 0.25) is 0 Å². The van der Waals surface area contributed by atoms with Crippen molar-refractivity contribution in [2.45, 2.75) is 19.1 Å². The van der Waals surface area contributed by atoms with Gasteiger partial charge in [0.1, 0.15) is 12.2 Å². The average molecular weight is 513 g/mol. The van der Waals surface area contributed by atoms with Crippen LogP contribution in [0.4, 0.5) is 0 Å². The van der Waals surface area contributed by atoms with E-state index in [1.165, 1.54) is 0 Å². The molecule has 0 saturated heterocycles. The Kier molecular flexibility index (Phi) is 53.2. The molecule has 24 heavy (non-hydrogen) atoms. The molecule has 148 valence electrons. The molecule has 0 aliphatic carbocycles. The zero-order chi connectivity index (χ0) is 20.0. The largest absolute Gasteiger partial charge is 3.00 e. The van der Waals surface area contributed by atoms with Gasteiger partial charge in [0.05, 0.1) is 28.5 Å². The summed E-state index contributed by atoms with van der Waals surface area (Å²) in [6, 6.07) is 0. The Balaban J connectivity index is -0.0000000442. The molecule has 18 heteroatoms. The standard InChI is InChI=1S/C4H10O4.C2H6O.3NO3.Tb/c5-1-3(7)4(8)2-6;1-2-3;3*2-1(3)4;/h3-8H,1-2H2;3H,2H2,1H3;;;;/q;;3*-1;+3/t3-,4+;;;;;. The summed E-state index contributed by atoms with van der Waals surface area (Å²) in [7, 11) is 0. The fourth-order valence-electron chi connectivity index (χ4n) is 0.243. The number of aliphatic hydroxyl groups excluding tert-OH is 5. The smallest absolute Gasteiger partial charge is 0.397 e. The van der Waals surface area contributed by atoms with Crippen LogP contribution < -0.4 is 0 Å².